The average molecular weight is 316 g/mol. The summed E-state index contributed by atoms with van der Waals surface area (Å²) in [5.41, 5.74) is 4.37. The van der Waals surface area contributed by atoms with E-state index in [1.165, 1.54) is 29.5 Å². The van der Waals surface area contributed by atoms with Crippen LogP contribution in [0.1, 0.15) is 41.5 Å². The molecule has 0 heterocycles. The molecule has 0 aliphatic heterocycles. The minimum absolute atomic E-state index is 0.503. The van der Waals surface area contributed by atoms with Crippen LogP contribution in [0.5, 0.6) is 0 Å². The number of halogens is 1. The highest BCUT2D eigenvalue weighted by Gasteiger charge is 2.26. The molecule has 1 nitrogen and oxygen atoms in total. The quantitative estimate of drug-likeness (QED) is 0.851. The Balaban J connectivity index is 2.02. The summed E-state index contributed by atoms with van der Waals surface area (Å²) in [4.78, 5) is 0. The van der Waals surface area contributed by atoms with E-state index >= 15 is 0 Å². The molecule has 0 saturated heterocycles. The van der Waals surface area contributed by atoms with Gasteiger partial charge in [-0.3, -0.25) is 0 Å². The Labute approximate surface area is 123 Å². The zero-order valence-corrected chi connectivity index (χ0v) is 12.7. The highest BCUT2D eigenvalue weighted by molar-refractivity contribution is 9.10. The zero-order valence-electron chi connectivity index (χ0n) is 11.1. The van der Waals surface area contributed by atoms with Crippen molar-refractivity contribution in [3.63, 3.8) is 0 Å². The van der Waals surface area contributed by atoms with E-state index < -0.39 is 0 Å². The lowest BCUT2D eigenvalue weighted by atomic mass is 9.77. The van der Waals surface area contributed by atoms with Crippen LogP contribution < -0.4 is 5.32 Å². The second-order valence-corrected chi connectivity index (χ2v) is 6.07. The van der Waals surface area contributed by atoms with Crippen molar-refractivity contribution in [3.8, 4) is 0 Å². The summed E-state index contributed by atoms with van der Waals surface area (Å²) in [7, 11) is 2.06. The molecule has 1 aliphatic rings. The van der Waals surface area contributed by atoms with Gasteiger partial charge < -0.3 is 5.32 Å². The van der Waals surface area contributed by atoms with Gasteiger partial charge in [-0.2, -0.15) is 0 Å². The maximum Gasteiger partial charge on any atom is 0.0320 e. The average Bonchev–Trinajstić information content (AvgIpc) is 2.47. The van der Waals surface area contributed by atoms with Crippen molar-refractivity contribution in [1.29, 1.82) is 0 Å². The van der Waals surface area contributed by atoms with Gasteiger partial charge in [-0.1, -0.05) is 52.3 Å². The Morgan fingerprint density at radius 2 is 1.63 bits per heavy atom. The lowest BCUT2D eigenvalue weighted by Gasteiger charge is -2.31. The minimum atomic E-state index is 0.503. The Morgan fingerprint density at radius 1 is 0.947 bits per heavy atom. The van der Waals surface area contributed by atoms with Gasteiger partial charge in [-0.05, 0) is 48.7 Å². The minimum Gasteiger partial charge on any atom is -0.313 e. The third-order valence-corrected chi connectivity index (χ3v) is 4.64. The first-order valence-electron chi connectivity index (χ1n) is 6.81. The van der Waals surface area contributed by atoms with Gasteiger partial charge >= 0.3 is 0 Å². The Kier molecular flexibility index (Phi) is 3.72. The summed E-state index contributed by atoms with van der Waals surface area (Å²) >= 11 is 3.51. The summed E-state index contributed by atoms with van der Waals surface area (Å²) in [6, 6.07) is 18.1. The Morgan fingerprint density at radius 3 is 2.32 bits per heavy atom. The molecular weight excluding hydrogens is 298 g/mol. The van der Waals surface area contributed by atoms with Gasteiger partial charge in [-0.15, -0.1) is 0 Å². The molecule has 0 amide bonds. The van der Waals surface area contributed by atoms with Crippen LogP contribution >= 0.6 is 15.9 Å². The topological polar surface area (TPSA) is 12.0 Å². The molecule has 0 aromatic heterocycles. The number of benzene rings is 2. The fraction of sp³-hybridized carbons (Fsp3) is 0.294. The van der Waals surface area contributed by atoms with E-state index in [9.17, 15) is 0 Å². The van der Waals surface area contributed by atoms with Crippen LogP contribution in [0.4, 0.5) is 0 Å². The molecule has 0 spiro atoms. The van der Waals surface area contributed by atoms with Crippen LogP contribution in [-0.2, 0) is 0 Å². The first-order valence-corrected chi connectivity index (χ1v) is 7.60. The fourth-order valence-electron chi connectivity index (χ4n) is 3.13. The van der Waals surface area contributed by atoms with Crippen molar-refractivity contribution < 1.29 is 0 Å². The van der Waals surface area contributed by atoms with Crippen molar-refractivity contribution in [2.24, 2.45) is 0 Å². The van der Waals surface area contributed by atoms with Crippen molar-refractivity contribution in [2.75, 3.05) is 7.05 Å². The summed E-state index contributed by atoms with van der Waals surface area (Å²) < 4.78 is 1.15. The van der Waals surface area contributed by atoms with Crippen LogP contribution in [0.2, 0.25) is 0 Å². The third-order valence-electron chi connectivity index (χ3n) is 4.11. The van der Waals surface area contributed by atoms with Crippen LogP contribution in [0, 0.1) is 0 Å². The molecule has 0 bridgehead atoms. The molecule has 0 fully saturated rings. The number of nitrogens with one attached hydrogen (secondary N) is 1. The van der Waals surface area contributed by atoms with Gasteiger partial charge in [0.2, 0.25) is 0 Å². The van der Waals surface area contributed by atoms with Gasteiger partial charge in [0.15, 0.2) is 0 Å². The summed E-state index contributed by atoms with van der Waals surface area (Å²) in [6.45, 7) is 0. The molecule has 2 aromatic rings. The summed E-state index contributed by atoms with van der Waals surface area (Å²) in [5.74, 6) is 0.536. The van der Waals surface area contributed by atoms with Gasteiger partial charge in [0.05, 0.1) is 0 Å². The van der Waals surface area contributed by atoms with Gasteiger partial charge in [0.1, 0.15) is 0 Å². The predicted octanol–water partition coefficient (Wildman–Crippen LogP) is 4.64. The third kappa shape index (κ3) is 2.47. The normalized spacial score (nSPS) is 22.0. The van der Waals surface area contributed by atoms with E-state index in [2.05, 4.69) is 76.8 Å². The van der Waals surface area contributed by atoms with E-state index in [0.29, 0.717) is 12.0 Å². The van der Waals surface area contributed by atoms with Crippen molar-refractivity contribution in [2.45, 2.75) is 24.8 Å². The zero-order chi connectivity index (χ0) is 13.2. The largest absolute Gasteiger partial charge is 0.313 e. The predicted molar refractivity (Wildman–Crippen MR) is 83.5 cm³/mol. The van der Waals surface area contributed by atoms with Crippen LogP contribution in [0.3, 0.4) is 0 Å². The molecule has 19 heavy (non-hydrogen) atoms. The van der Waals surface area contributed by atoms with E-state index in [1.54, 1.807) is 0 Å². The molecule has 0 radical (unpaired) electrons. The maximum atomic E-state index is 3.51. The summed E-state index contributed by atoms with van der Waals surface area (Å²) in [6.07, 6.45) is 2.42. The molecule has 3 rings (SSSR count). The van der Waals surface area contributed by atoms with Crippen molar-refractivity contribution in [1.82, 2.24) is 5.32 Å². The number of hydrogen-bond donors (Lipinski definition) is 1. The number of hydrogen-bond acceptors (Lipinski definition) is 1. The molecule has 2 heteroatoms. The summed E-state index contributed by atoms with van der Waals surface area (Å²) in [5, 5.41) is 3.43. The second kappa shape index (κ2) is 5.48. The van der Waals surface area contributed by atoms with Crippen molar-refractivity contribution in [3.05, 3.63) is 69.7 Å². The molecule has 2 unspecified atom stereocenters. The van der Waals surface area contributed by atoms with Gasteiger partial charge in [0, 0.05) is 16.4 Å². The standard InChI is InChI=1S/C17H18BrN/c1-19-17-11-10-14(12-6-8-13(18)9-7-12)15-4-2-3-5-16(15)17/h2-9,14,17,19H,10-11H2,1H3. The van der Waals surface area contributed by atoms with Crippen LogP contribution in [0.25, 0.3) is 0 Å². The molecule has 98 valence electrons. The fourth-order valence-corrected chi connectivity index (χ4v) is 3.40. The molecule has 1 aliphatic carbocycles. The molecule has 2 atom stereocenters. The number of rotatable bonds is 2. The van der Waals surface area contributed by atoms with E-state index in [0.717, 1.165) is 4.47 Å². The SMILES string of the molecule is CNC1CCC(c2ccc(Br)cc2)c2ccccc21. The maximum absolute atomic E-state index is 3.51. The van der Waals surface area contributed by atoms with Gasteiger partial charge in [0.25, 0.3) is 0 Å². The first-order chi connectivity index (χ1) is 9.29. The Bertz CT molecular complexity index is 562. The van der Waals surface area contributed by atoms with E-state index in [-0.39, 0.29) is 0 Å². The monoisotopic (exact) mass is 315 g/mol. The van der Waals surface area contributed by atoms with E-state index in [4.69, 9.17) is 0 Å². The van der Waals surface area contributed by atoms with E-state index in [1.807, 2.05) is 0 Å². The van der Waals surface area contributed by atoms with Crippen molar-refractivity contribution >= 4 is 15.9 Å². The molecule has 2 aromatic carbocycles. The van der Waals surface area contributed by atoms with Crippen LogP contribution in [0.15, 0.2) is 53.0 Å². The lowest BCUT2D eigenvalue weighted by molar-refractivity contribution is 0.471. The molecule has 1 N–H and O–H groups in total. The first kappa shape index (κ1) is 12.9. The van der Waals surface area contributed by atoms with Crippen LogP contribution in [-0.4, -0.2) is 7.05 Å². The number of fused-ring (bicyclic) bond motifs is 1. The second-order valence-electron chi connectivity index (χ2n) is 5.15. The highest BCUT2D eigenvalue weighted by atomic mass is 79.9. The highest BCUT2D eigenvalue weighted by Crippen LogP contribution is 2.41. The lowest BCUT2D eigenvalue weighted by Crippen LogP contribution is -2.24. The molecular formula is C17H18BrN. The Hall–Kier alpha value is -1.12. The van der Waals surface area contributed by atoms with Gasteiger partial charge in [-0.25, -0.2) is 0 Å². The smallest absolute Gasteiger partial charge is 0.0320 e. The molecule has 0 saturated carbocycles.